The van der Waals surface area contributed by atoms with Crippen molar-refractivity contribution in [2.24, 2.45) is 0 Å². The van der Waals surface area contributed by atoms with Gasteiger partial charge in [-0.2, -0.15) is 0 Å². The molecule has 2 aromatic carbocycles. The average molecular weight is 518 g/mol. The molecule has 9 nitrogen and oxygen atoms in total. The predicted octanol–water partition coefficient (Wildman–Crippen LogP) is 4.59. The van der Waals surface area contributed by atoms with E-state index in [1.165, 1.54) is 6.07 Å². The quantitative estimate of drug-likeness (QED) is 0.536. The number of nitrogens with one attached hydrogen (secondary N) is 1. The van der Waals surface area contributed by atoms with Crippen LogP contribution in [0.3, 0.4) is 0 Å². The summed E-state index contributed by atoms with van der Waals surface area (Å²) in [6.07, 6.45) is -0.300. The third kappa shape index (κ3) is 7.78. The summed E-state index contributed by atoms with van der Waals surface area (Å²) in [6.45, 7) is 9.80. The molecule has 0 radical (unpaired) electrons. The van der Waals surface area contributed by atoms with Crippen LogP contribution >= 0.6 is 11.6 Å². The van der Waals surface area contributed by atoms with Gasteiger partial charge in [-0.3, -0.25) is 4.79 Å². The van der Waals surface area contributed by atoms with Crippen LogP contribution in [-0.4, -0.2) is 67.9 Å². The lowest BCUT2D eigenvalue weighted by Crippen LogP contribution is -2.50. The summed E-state index contributed by atoms with van der Waals surface area (Å²) in [4.78, 5) is 40.3. The van der Waals surface area contributed by atoms with Gasteiger partial charge >= 0.3 is 12.1 Å². The number of amides is 2. The SMILES string of the molecule is CCOC(=O)COc1ccc(NC(=O)c2ccc(N3CCN(C(=O)OC(C)(C)C)CC3)cc2)c(Cl)c1. The van der Waals surface area contributed by atoms with Crippen LogP contribution in [0.15, 0.2) is 42.5 Å². The summed E-state index contributed by atoms with van der Waals surface area (Å²) < 4.78 is 15.6. The molecule has 1 N–H and O–H groups in total. The number of halogens is 1. The molecule has 0 spiro atoms. The van der Waals surface area contributed by atoms with Gasteiger partial charge < -0.3 is 29.3 Å². The first-order chi connectivity index (χ1) is 17.1. The molecule has 1 saturated heterocycles. The molecular formula is C26H32ClN3O6. The topological polar surface area (TPSA) is 97.4 Å². The van der Waals surface area contributed by atoms with E-state index in [9.17, 15) is 14.4 Å². The Labute approximate surface area is 216 Å². The van der Waals surface area contributed by atoms with Crippen LogP contribution in [0.5, 0.6) is 5.75 Å². The van der Waals surface area contributed by atoms with Gasteiger partial charge in [-0.25, -0.2) is 9.59 Å². The van der Waals surface area contributed by atoms with Gasteiger partial charge in [0.05, 0.1) is 17.3 Å². The normalized spacial score (nSPS) is 13.7. The van der Waals surface area contributed by atoms with E-state index in [2.05, 4.69) is 10.2 Å². The molecule has 0 aromatic heterocycles. The number of hydrogen-bond donors (Lipinski definition) is 1. The van der Waals surface area contributed by atoms with Crippen LogP contribution in [0.1, 0.15) is 38.1 Å². The first-order valence-corrected chi connectivity index (χ1v) is 12.2. The van der Waals surface area contributed by atoms with Gasteiger partial charge in [0.25, 0.3) is 5.91 Å². The van der Waals surface area contributed by atoms with E-state index < -0.39 is 11.6 Å². The molecule has 194 valence electrons. The maximum Gasteiger partial charge on any atom is 0.410 e. The van der Waals surface area contributed by atoms with E-state index in [1.807, 2.05) is 32.9 Å². The Morgan fingerprint density at radius 2 is 1.67 bits per heavy atom. The van der Waals surface area contributed by atoms with E-state index in [0.29, 0.717) is 43.2 Å². The van der Waals surface area contributed by atoms with Crippen LogP contribution in [0.2, 0.25) is 5.02 Å². The van der Waals surface area contributed by atoms with Crippen molar-refractivity contribution in [1.29, 1.82) is 0 Å². The van der Waals surface area contributed by atoms with Gasteiger partial charge in [-0.15, -0.1) is 0 Å². The molecule has 0 atom stereocenters. The maximum atomic E-state index is 12.7. The summed E-state index contributed by atoms with van der Waals surface area (Å²) in [5.74, 6) is -0.389. The van der Waals surface area contributed by atoms with Crippen LogP contribution < -0.4 is 15.0 Å². The Morgan fingerprint density at radius 3 is 2.25 bits per heavy atom. The Morgan fingerprint density at radius 1 is 1.00 bits per heavy atom. The van der Waals surface area contributed by atoms with Gasteiger partial charge in [-0.05, 0) is 64.1 Å². The standard InChI is InChI=1S/C26H32ClN3O6/c1-5-34-23(31)17-35-20-10-11-22(21(27)16-20)28-24(32)18-6-8-19(9-7-18)29-12-14-30(15-13-29)25(33)36-26(2,3)4/h6-11,16H,5,12-15,17H2,1-4H3,(H,28,32). The predicted molar refractivity (Wildman–Crippen MR) is 138 cm³/mol. The molecule has 1 fully saturated rings. The smallest absolute Gasteiger partial charge is 0.410 e. The lowest BCUT2D eigenvalue weighted by Gasteiger charge is -2.36. The number of carbonyl (C=O) groups is 3. The minimum atomic E-state index is -0.519. The molecule has 10 heteroatoms. The number of hydrogen-bond acceptors (Lipinski definition) is 7. The van der Waals surface area contributed by atoms with Crippen molar-refractivity contribution in [2.45, 2.75) is 33.3 Å². The highest BCUT2D eigenvalue weighted by Crippen LogP contribution is 2.27. The Hall–Kier alpha value is -3.46. The van der Waals surface area contributed by atoms with Crippen molar-refractivity contribution in [3.8, 4) is 5.75 Å². The Kier molecular flexibility index (Phi) is 9.03. The number of anilines is 2. The van der Waals surface area contributed by atoms with E-state index >= 15 is 0 Å². The van der Waals surface area contributed by atoms with Crippen LogP contribution in [-0.2, 0) is 14.3 Å². The van der Waals surface area contributed by atoms with Crippen molar-refractivity contribution in [1.82, 2.24) is 4.90 Å². The first kappa shape index (κ1) is 27.1. The molecular weight excluding hydrogens is 486 g/mol. The molecule has 2 amide bonds. The maximum absolute atomic E-state index is 12.7. The molecule has 3 rings (SSSR count). The zero-order valence-electron chi connectivity index (χ0n) is 21.0. The minimum Gasteiger partial charge on any atom is -0.482 e. The number of carbonyl (C=O) groups excluding carboxylic acids is 3. The lowest BCUT2D eigenvalue weighted by atomic mass is 10.1. The number of piperazine rings is 1. The second-order valence-electron chi connectivity index (χ2n) is 9.19. The summed E-state index contributed by atoms with van der Waals surface area (Å²) in [5.41, 5.74) is 1.35. The zero-order chi connectivity index (χ0) is 26.3. The highest BCUT2D eigenvalue weighted by Gasteiger charge is 2.26. The minimum absolute atomic E-state index is 0.224. The highest BCUT2D eigenvalue weighted by atomic mass is 35.5. The van der Waals surface area contributed by atoms with Gasteiger partial charge in [-0.1, -0.05) is 11.6 Å². The second kappa shape index (κ2) is 12.0. The third-order valence-electron chi connectivity index (χ3n) is 5.28. The van der Waals surface area contributed by atoms with Crippen molar-refractivity contribution in [2.75, 3.05) is 49.6 Å². The molecule has 1 heterocycles. The number of nitrogens with zero attached hydrogens (tertiary/aromatic N) is 2. The average Bonchev–Trinajstić information content (AvgIpc) is 2.83. The van der Waals surface area contributed by atoms with Crippen LogP contribution in [0.4, 0.5) is 16.2 Å². The fraction of sp³-hybridized carbons (Fsp3) is 0.423. The Bertz CT molecular complexity index is 1080. The molecule has 0 unspecified atom stereocenters. The summed E-state index contributed by atoms with van der Waals surface area (Å²) >= 11 is 6.28. The summed E-state index contributed by atoms with van der Waals surface area (Å²) in [6, 6.07) is 12.0. The van der Waals surface area contributed by atoms with Gasteiger partial charge in [0.15, 0.2) is 6.61 Å². The number of rotatable bonds is 7. The monoisotopic (exact) mass is 517 g/mol. The second-order valence-corrected chi connectivity index (χ2v) is 9.60. The van der Waals surface area contributed by atoms with E-state index in [1.54, 1.807) is 36.1 Å². The molecule has 2 aromatic rings. The van der Waals surface area contributed by atoms with Crippen LogP contribution in [0.25, 0.3) is 0 Å². The van der Waals surface area contributed by atoms with Gasteiger partial charge in [0.1, 0.15) is 11.4 Å². The first-order valence-electron chi connectivity index (χ1n) is 11.8. The number of benzene rings is 2. The molecule has 0 aliphatic carbocycles. The van der Waals surface area contributed by atoms with Crippen molar-refractivity contribution in [3.05, 3.63) is 53.1 Å². The molecule has 0 bridgehead atoms. The van der Waals surface area contributed by atoms with E-state index in [-0.39, 0.29) is 30.2 Å². The summed E-state index contributed by atoms with van der Waals surface area (Å²) in [7, 11) is 0. The molecule has 36 heavy (non-hydrogen) atoms. The van der Waals surface area contributed by atoms with E-state index in [4.69, 9.17) is 25.8 Å². The number of esters is 1. The molecule has 1 aliphatic heterocycles. The third-order valence-corrected chi connectivity index (χ3v) is 5.59. The fourth-order valence-corrected chi connectivity index (χ4v) is 3.74. The fourth-order valence-electron chi connectivity index (χ4n) is 3.52. The van der Waals surface area contributed by atoms with Crippen molar-refractivity contribution >= 4 is 40.9 Å². The molecule has 1 aliphatic rings. The lowest BCUT2D eigenvalue weighted by molar-refractivity contribution is -0.145. The van der Waals surface area contributed by atoms with Gasteiger partial charge in [0, 0.05) is 43.5 Å². The highest BCUT2D eigenvalue weighted by molar-refractivity contribution is 6.34. The molecule has 0 saturated carbocycles. The number of ether oxygens (including phenoxy) is 3. The summed E-state index contributed by atoms with van der Waals surface area (Å²) in [5, 5.41) is 3.07. The van der Waals surface area contributed by atoms with Crippen LogP contribution in [0, 0.1) is 0 Å². The van der Waals surface area contributed by atoms with E-state index in [0.717, 1.165) is 5.69 Å². The zero-order valence-corrected chi connectivity index (χ0v) is 21.8. The Balaban J connectivity index is 1.53. The van der Waals surface area contributed by atoms with Crippen molar-refractivity contribution < 1.29 is 28.6 Å². The largest absolute Gasteiger partial charge is 0.482 e. The van der Waals surface area contributed by atoms with Gasteiger partial charge in [0.2, 0.25) is 0 Å². The van der Waals surface area contributed by atoms with Crippen molar-refractivity contribution in [3.63, 3.8) is 0 Å².